The molecule has 0 heterocycles. The van der Waals surface area contributed by atoms with Gasteiger partial charge in [-0.3, -0.25) is 0 Å². The molecule has 0 aliphatic carbocycles. The van der Waals surface area contributed by atoms with Crippen LogP contribution in [-0.2, 0) is 0 Å². The molecule has 0 saturated heterocycles. The van der Waals surface area contributed by atoms with E-state index in [1.165, 1.54) is 18.4 Å². The Hall–Kier alpha value is -1.51. The fraction of sp³-hybridized carbons (Fsp3) is 0.294. The van der Waals surface area contributed by atoms with Crippen LogP contribution in [0, 0.1) is 0 Å². The van der Waals surface area contributed by atoms with Gasteiger partial charge in [-0.15, -0.1) is 12.4 Å². The first-order chi connectivity index (χ1) is 9.29. The molecule has 108 valence electrons. The molecule has 2 N–H and O–H groups in total. The maximum Gasteiger partial charge on any atom is 0.127 e. The highest BCUT2D eigenvalue weighted by Gasteiger charge is 2.05. The van der Waals surface area contributed by atoms with Gasteiger partial charge in [0.05, 0.1) is 0 Å². The van der Waals surface area contributed by atoms with E-state index in [1.54, 1.807) is 0 Å². The summed E-state index contributed by atoms with van der Waals surface area (Å²) in [4.78, 5) is 0. The second kappa shape index (κ2) is 8.62. The molecule has 2 nitrogen and oxygen atoms in total. The molecule has 0 aliphatic heterocycles. The number of halogens is 1. The molecule has 3 heteroatoms. The second-order valence-electron chi connectivity index (χ2n) is 4.73. The van der Waals surface area contributed by atoms with Gasteiger partial charge in [0.1, 0.15) is 11.5 Å². The van der Waals surface area contributed by atoms with Crippen LogP contribution in [-0.4, -0.2) is 0 Å². The SMILES string of the molecule is CCCC[C@H](N)c1ccc(Oc2ccccc2)cc1.Cl. The van der Waals surface area contributed by atoms with E-state index in [2.05, 4.69) is 19.1 Å². The predicted molar refractivity (Wildman–Crippen MR) is 86.7 cm³/mol. The first-order valence-corrected chi connectivity index (χ1v) is 6.88. The lowest BCUT2D eigenvalue weighted by atomic mass is 10.0. The number of ether oxygens (including phenoxy) is 1. The maximum absolute atomic E-state index is 6.14. The molecular formula is C17H22ClNO. The van der Waals surface area contributed by atoms with Gasteiger partial charge in [-0.1, -0.05) is 50.1 Å². The maximum atomic E-state index is 6.14. The van der Waals surface area contributed by atoms with E-state index in [9.17, 15) is 0 Å². The molecule has 0 fully saturated rings. The highest BCUT2D eigenvalue weighted by Crippen LogP contribution is 2.24. The topological polar surface area (TPSA) is 35.2 Å². The fourth-order valence-electron chi connectivity index (χ4n) is 2.00. The Labute approximate surface area is 127 Å². The van der Waals surface area contributed by atoms with Crippen LogP contribution < -0.4 is 10.5 Å². The minimum absolute atomic E-state index is 0. The number of rotatable bonds is 6. The van der Waals surface area contributed by atoms with Gasteiger partial charge in [0.2, 0.25) is 0 Å². The Morgan fingerprint density at radius 2 is 1.55 bits per heavy atom. The number of unbranched alkanes of at least 4 members (excludes halogenated alkanes) is 1. The average molecular weight is 292 g/mol. The normalized spacial score (nSPS) is 11.5. The lowest BCUT2D eigenvalue weighted by Crippen LogP contribution is -2.09. The van der Waals surface area contributed by atoms with Gasteiger partial charge >= 0.3 is 0 Å². The molecule has 2 aromatic rings. The third kappa shape index (κ3) is 4.87. The van der Waals surface area contributed by atoms with Crippen molar-refractivity contribution >= 4 is 12.4 Å². The van der Waals surface area contributed by atoms with Crippen molar-refractivity contribution < 1.29 is 4.74 Å². The summed E-state index contributed by atoms with van der Waals surface area (Å²) in [5.41, 5.74) is 7.32. The predicted octanol–water partition coefficient (Wildman–Crippen LogP) is 5.09. The highest BCUT2D eigenvalue weighted by atomic mass is 35.5. The van der Waals surface area contributed by atoms with Crippen LogP contribution in [0.2, 0.25) is 0 Å². The van der Waals surface area contributed by atoms with Crippen molar-refractivity contribution in [3.8, 4) is 11.5 Å². The molecule has 1 atom stereocenters. The second-order valence-corrected chi connectivity index (χ2v) is 4.73. The van der Waals surface area contributed by atoms with Crippen molar-refractivity contribution in [1.29, 1.82) is 0 Å². The molecule has 0 amide bonds. The van der Waals surface area contributed by atoms with Gasteiger partial charge in [0.15, 0.2) is 0 Å². The van der Waals surface area contributed by atoms with Gasteiger partial charge in [0, 0.05) is 6.04 Å². The summed E-state index contributed by atoms with van der Waals surface area (Å²) in [6, 6.07) is 18.0. The molecule has 0 bridgehead atoms. The summed E-state index contributed by atoms with van der Waals surface area (Å²) in [6.45, 7) is 2.18. The number of benzene rings is 2. The number of hydrogen-bond donors (Lipinski definition) is 1. The zero-order valence-corrected chi connectivity index (χ0v) is 12.6. The minimum Gasteiger partial charge on any atom is -0.457 e. The molecule has 0 aromatic heterocycles. The monoisotopic (exact) mass is 291 g/mol. The van der Waals surface area contributed by atoms with Crippen molar-refractivity contribution in [3.05, 3.63) is 60.2 Å². The van der Waals surface area contributed by atoms with Crippen LogP contribution in [0.15, 0.2) is 54.6 Å². The molecule has 20 heavy (non-hydrogen) atoms. The summed E-state index contributed by atoms with van der Waals surface area (Å²) < 4.78 is 5.75. The van der Waals surface area contributed by atoms with Crippen LogP contribution in [0.4, 0.5) is 0 Å². The van der Waals surface area contributed by atoms with Crippen molar-refractivity contribution in [2.45, 2.75) is 32.2 Å². The summed E-state index contributed by atoms with van der Waals surface area (Å²) in [6.07, 6.45) is 3.39. The Bertz CT molecular complexity index is 484. The third-order valence-electron chi connectivity index (χ3n) is 3.16. The molecule has 0 saturated carbocycles. The van der Waals surface area contributed by atoms with Gasteiger partial charge < -0.3 is 10.5 Å². The van der Waals surface area contributed by atoms with Crippen LogP contribution in [0.1, 0.15) is 37.8 Å². The largest absolute Gasteiger partial charge is 0.457 e. The standard InChI is InChI=1S/C17H21NO.ClH/c1-2-3-9-17(18)14-10-12-16(13-11-14)19-15-7-5-4-6-8-15;/h4-8,10-13,17H,2-3,9,18H2,1H3;1H/t17-;/m0./s1. The quantitative estimate of drug-likeness (QED) is 0.804. The summed E-state index contributed by atoms with van der Waals surface area (Å²) in [5.74, 6) is 1.70. The van der Waals surface area contributed by atoms with Crippen molar-refractivity contribution in [1.82, 2.24) is 0 Å². The van der Waals surface area contributed by atoms with Gasteiger partial charge in [-0.05, 0) is 36.2 Å². The fourth-order valence-corrected chi connectivity index (χ4v) is 2.00. The van der Waals surface area contributed by atoms with Crippen molar-refractivity contribution in [3.63, 3.8) is 0 Å². The smallest absolute Gasteiger partial charge is 0.127 e. The first kappa shape index (κ1) is 16.5. The van der Waals surface area contributed by atoms with Crippen LogP contribution >= 0.6 is 12.4 Å². The van der Waals surface area contributed by atoms with E-state index in [1.807, 2.05) is 42.5 Å². The van der Waals surface area contributed by atoms with E-state index in [0.717, 1.165) is 17.9 Å². The van der Waals surface area contributed by atoms with E-state index >= 15 is 0 Å². The van der Waals surface area contributed by atoms with Crippen molar-refractivity contribution in [2.75, 3.05) is 0 Å². The minimum atomic E-state index is 0. The van der Waals surface area contributed by atoms with Gasteiger partial charge in [-0.25, -0.2) is 0 Å². The third-order valence-corrected chi connectivity index (χ3v) is 3.16. The molecular weight excluding hydrogens is 270 g/mol. The lowest BCUT2D eigenvalue weighted by molar-refractivity contribution is 0.482. The highest BCUT2D eigenvalue weighted by molar-refractivity contribution is 5.85. The molecule has 2 aromatic carbocycles. The zero-order valence-electron chi connectivity index (χ0n) is 11.8. The summed E-state index contributed by atoms with van der Waals surface area (Å²) in [5, 5.41) is 0. The Kier molecular flexibility index (Phi) is 7.13. The number of nitrogens with two attached hydrogens (primary N) is 1. The average Bonchev–Trinajstić information content (AvgIpc) is 2.46. The summed E-state index contributed by atoms with van der Waals surface area (Å²) >= 11 is 0. The van der Waals surface area contributed by atoms with E-state index in [-0.39, 0.29) is 18.4 Å². The van der Waals surface area contributed by atoms with Crippen molar-refractivity contribution in [2.24, 2.45) is 5.73 Å². The Balaban J connectivity index is 0.00000200. The zero-order chi connectivity index (χ0) is 13.5. The lowest BCUT2D eigenvalue weighted by Gasteiger charge is -2.12. The Morgan fingerprint density at radius 1 is 0.950 bits per heavy atom. The summed E-state index contributed by atoms with van der Waals surface area (Å²) in [7, 11) is 0. The van der Waals surface area contributed by atoms with Crippen LogP contribution in [0.25, 0.3) is 0 Å². The molecule has 0 spiro atoms. The Morgan fingerprint density at radius 3 is 2.15 bits per heavy atom. The van der Waals surface area contributed by atoms with E-state index in [0.29, 0.717) is 0 Å². The van der Waals surface area contributed by atoms with Gasteiger partial charge in [-0.2, -0.15) is 0 Å². The van der Waals surface area contributed by atoms with E-state index in [4.69, 9.17) is 10.5 Å². The van der Waals surface area contributed by atoms with E-state index < -0.39 is 0 Å². The van der Waals surface area contributed by atoms with Crippen LogP contribution in [0.5, 0.6) is 11.5 Å². The molecule has 0 unspecified atom stereocenters. The molecule has 2 rings (SSSR count). The first-order valence-electron chi connectivity index (χ1n) is 6.88. The van der Waals surface area contributed by atoms with Gasteiger partial charge in [0.25, 0.3) is 0 Å². The molecule has 0 aliphatic rings. The number of hydrogen-bond acceptors (Lipinski definition) is 2. The number of para-hydroxylation sites is 1. The van der Waals surface area contributed by atoms with Crippen LogP contribution in [0.3, 0.4) is 0 Å². The molecule has 0 radical (unpaired) electrons.